The van der Waals surface area contributed by atoms with E-state index in [0.29, 0.717) is 0 Å². The minimum Gasteiger partial charge on any atom is -0.308 e. The highest BCUT2D eigenvalue weighted by atomic mass is 15.3. The number of hydrogen-bond donors (Lipinski definition) is 2. The van der Waals surface area contributed by atoms with E-state index in [1.807, 2.05) is 25.6 Å². The van der Waals surface area contributed by atoms with Crippen molar-refractivity contribution >= 4 is 5.84 Å². The van der Waals surface area contributed by atoms with Crippen LogP contribution in [0.15, 0.2) is 4.99 Å². The lowest BCUT2D eigenvalue weighted by atomic mass is 10.2. The second-order valence-corrected chi connectivity index (χ2v) is 3.54. The zero-order chi connectivity index (χ0) is 11.4. The van der Waals surface area contributed by atoms with E-state index >= 15 is 0 Å². The second kappa shape index (κ2) is 4.93. The fraction of sp³-hybridized carbons (Fsp3) is 0.600. The summed E-state index contributed by atoms with van der Waals surface area (Å²) in [5.41, 5.74) is 5.67. The molecule has 0 radical (unpaired) electrons. The van der Waals surface area contributed by atoms with Gasteiger partial charge in [0.15, 0.2) is 0 Å². The summed E-state index contributed by atoms with van der Waals surface area (Å²) in [5, 5.41) is 4.33. The minimum absolute atomic E-state index is 0.722. The van der Waals surface area contributed by atoms with Crippen molar-refractivity contribution in [2.24, 2.45) is 17.9 Å². The van der Waals surface area contributed by atoms with Gasteiger partial charge in [0.05, 0.1) is 11.3 Å². The van der Waals surface area contributed by atoms with Crippen LogP contribution in [0.2, 0.25) is 0 Å². The Labute approximate surface area is 90.3 Å². The van der Waals surface area contributed by atoms with Crippen LogP contribution in [0.25, 0.3) is 0 Å². The smallest absolute Gasteiger partial charge is 0.146 e. The summed E-state index contributed by atoms with van der Waals surface area (Å²) in [5.74, 6) is 6.20. The van der Waals surface area contributed by atoms with Gasteiger partial charge in [0.1, 0.15) is 5.84 Å². The molecule has 0 bridgehead atoms. The highest BCUT2D eigenvalue weighted by molar-refractivity contribution is 6.00. The lowest BCUT2D eigenvalue weighted by molar-refractivity contribution is 0.731. The third-order valence-corrected chi connectivity index (χ3v) is 2.38. The first-order valence-corrected chi connectivity index (χ1v) is 5.13. The lowest BCUT2D eigenvalue weighted by Crippen LogP contribution is -2.32. The standard InChI is InChI=1S/C10H19N5/c1-5-6-12-10(13-11)9-7(2)14-15(4)8(9)3/h5-6,11H2,1-4H3,(H,12,13). The molecule has 1 rings (SSSR count). The number of aliphatic imine (C=N–C) groups is 1. The maximum atomic E-state index is 5.47. The van der Waals surface area contributed by atoms with E-state index in [1.165, 1.54) is 0 Å². The molecule has 0 amide bonds. The molecule has 1 heterocycles. The molecule has 0 fully saturated rings. The first kappa shape index (κ1) is 11.7. The zero-order valence-electron chi connectivity index (χ0n) is 9.83. The molecule has 3 N–H and O–H groups in total. The molecule has 15 heavy (non-hydrogen) atoms. The SMILES string of the molecule is CCCN=C(NN)c1c(C)nn(C)c1C. The Hall–Kier alpha value is -1.36. The highest BCUT2D eigenvalue weighted by Crippen LogP contribution is 2.11. The first-order valence-electron chi connectivity index (χ1n) is 5.13. The van der Waals surface area contributed by atoms with Crippen molar-refractivity contribution in [3.05, 3.63) is 17.0 Å². The second-order valence-electron chi connectivity index (χ2n) is 3.54. The van der Waals surface area contributed by atoms with E-state index in [4.69, 9.17) is 5.84 Å². The molecule has 0 saturated heterocycles. The quantitative estimate of drug-likeness (QED) is 0.332. The van der Waals surface area contributed by atoms with Gasteiger partial charge in [-0.25, -0.2) is 5.84 Å². The molecule has 0 saturated carbocycles. The van der Waals surface area contributed by atoms with Crippen LogP contribution >= 0.6 is 0 Å². The number of nitrogens with zero attached hydrogens (tertiary/aromatic N) is 3. The van der Waals surface area contributed by atoms with Gasteiger partial charge in [0, 0.05) is 19.3 Å². The van der Waals surface area contributed by atoms with E-state index in [1.54, 1.807) is 0 Å². The van der Waals surface area contributed by atoms with Crippen molar-refractivity contribution < 1.29 is 0 Å². The van der Waals surface area contributed by atoms with Crippen LogP contribution in [0.5, 0.6) is 0 Å². The van der Waals surface area contributed by atoms with Gasteiger partial charge in [-0.2, -0.15) is 5.10 Å². The van der Waals surface area contributed by atoms with Crippen LogP contribution in [-0.2, 0) is 7.05 Å². The molecule has 0 spiro atoms. The Morgan fingerprint density at radius 2 is 2.20 bits per heavy atom. The molecule has 1 aromatic rings. The summed E-state index contributed by atoms with van der Waals surface area (Å²) in [7, 11) is 1.92. The molecular formula is C10H19N5. The number of aromatic nitrogens is 2. The number of nitrogens with two attached hydrogens (primary N) is 1. The Balaban J connectivity index is 3.12. The number of hydrogen-bond acceptors (Lipinski definition) is 3. The third kappa shape index (κ3) is 2.36. The zero-order valence-corrected chi connectivity index (χ0v) is 9.83. The van der Waals surface area contributed by atoms with Crippen molar-refractivity contribution in [2.45, 2.75) is 27.2 Å². The van der Waals surface area contributed by atoms with Crippen LogP contribution in [-0.4, -0.2) is 22.2 Å². The molecule has 1 aromatic heterocycles. The average Bonchev–Trinajstić information content (AvgIpc) is 2.45. The van der Waals surface area contributed by atoms with E-state index in [2.05, 4.69) is 22.4 Å². The topological polar surface area (TPSA) is 68.2 Å². The molecular weight excluding hydrogens is 190 g/mol. The van der Waals surface area contributed by atoms with Gasteiger partial charge in [-0.1, -0.05) is 6.92 Å². The van der Waals surface area contributed by atoms with Gasteiger partial charge in [-0.3, -0.25) is 9.67 Å². The maximum absolute atomic E-state index is 5.47. The first-order chi connectivity index (χ1) is 7.11. The number of aryl methyl sites for hydroxylation is 2. The van der Waals surface area contributed by atoms with Crippen molar-refractivity contribution in [3.63, 3.8) is 0 Å². The molecule has 0 aromatic carbocycles. The third-order valence-electron chi connectivity index (χ3n) is 2.38. The maximum Gasteiger partial charge on any atom is 0.146 e. The van der Waals surface area contributed by atoms with E-state index < -0.39 is 0 Å². The molecule has 0 aliphatic rings. The molecule has 0 aliphatic carbocycles. The summed E-state index contributed by atoms with van der Waals surface area (Å²) < 4.78 is 1.84. The number of nitrogens with one attached hydrogen (secondary N) is 1. The summed E-state index contributed by atoms with van der Waals surface area (Å²) in [6.07, 6.45) is 1.00. The van der Waals surface area contributed by atoms with Crippen molar-refractivity contribution in [1.29, 1.82) is 0 Å². The van der Waals surface area contributed by atoms with Gasteiger partial charge >= 0.3 is 0 Å². The predicted octanol–water partition coefficient (Wildman–Crippen LogP) is 0.657. The Kier molecular flexibility index (Phi) is 3.85. The number of amidine groups is 1. The normalized spacial score (nSPS) is 11.9. The summed E-state index contributed by atoms with van der Waals surface area (Å²) in [4.78, 5) is 4.39. The van der Waals surface area contributed by atoms with Crippen molar-refractivity contribution in [1.82, 2.24) is 15.2 Å². The molecule has 84 valence electrons. The van der Waals surface area contributed by atoms with E-state index in [9.17, 15) is 0 Å². The van der Waals surface area contributed by atoms with Crippen molar-refractivity contribution in [2.75, 3.05) is 6.54 Å². The van der Waals surface area contributed by atoms with Crippen molar-refractivity contribution in [3.8, 4) is 0 Å². The van der Waals surface area contributed by atoms with Gasteiger partial charge in [-0.05, 0) is 20.3 Å². The fourth-order valence-corrected chi connectivity index (χ4v) is 1.54. The Morgan fingerprint density at radius 1 is 1.53 bits per heavy atom. The highest BCUT2D eigenvalue weighted by Gasteiger charge is 2.13. The number of rotatable bonds is 3. The van der Waals surface area contributed by atoms with Crippen LogP contribution < -0.4 is 11.3 Å². The summed E-state index contributed by atoms with van der Waals surface area (Å²) >= 11 is 0. The summed E-state index contributed by atoms with van der Waals surface area (Å²) in [6, 6.07) is 0. The van der Waals surface area contributed by atoms with Crippen LogP contribution in [0, 0.1) is 13.8 Å². The fourth-order valence-electron chi connectivity index (χ4n) is 1.54. The number of hydrazine groups is 1. The average molecular weight is 209 g/mol. The van der Waals surface area contributed by atoms with Gasteiger partial charge in [0.25, 0.3) is 0 Å². The van der Waals surface area contributed by atoms with Gasteiger partial charge in [-0.15, -0.1) is 0 Å². The lowest BCUT2D eigenvalue weighted by Gasteiger charge is -2.05. The molecule has 0 aliphatic heterocycles. The molecule has 0 unspecified atom stereocenters. The molecule has 5 heteroatoms. The monoisotopic (exact) mass is 209 g/mol. The van der Waals surface area contributed by atoms with E-state index in [0.717, 1.165) is 35.8 Å². The Bertz CT molecular complexity index is 364. The van der Waals surface area contributed by atoms with Crippen LogP contribution in [0.3, 0.4) is 0 Å². The van der Waals surface area contributed by atoms with Gasteiger partial charge < -0.3 is 5.43 Å². The predicted molar refractivity (Wildman–Crippen MR) is 61.7 cm³/mol. The van der Waals surface area contributed by atoms with E-state index in [-0.39, 0.29) is 0 Å². The van der Waals surface area contributed by atoms with Crippen LogP contribution in [0.1, 0.15) is 30.3 Å². The molecule has 0 atom stereocenters. The molecule has 5 nitrogen and oxygen atoms in total. The Morgan fingerprint density at radius 3 is 2.60 bits per heavy atom. The minimum atomic E-state index is 0.722. The van der Waals surface area contributed by atoms with Gasteiger partial charge in [0.2, 0.25) is 0 Å². The summed E-state index contributed by atoms with van der Waals surface area (Å²) in [6.45, 7) is 6.82. The van der Waals surface area contributed by atoms with Crippen LogP contribution in [0.4, 0.5) is 0 Å². The largest absolute Gasteiger partial charge is 0.308 e.